The number of aryl methyl sites for hydroxylation is 1. The third kappa shape index (κ3) is 4.26. The van der Waals surface area contributed by atoms with Crippen molar-refractivity contribution in [1.29, 1.82) is 0 Å². The fourth-order valence-electron chi connectivity index (χ4n) is 3.23. The van der Waals surface area contributed by atoms with Gasteiger partial charge in [-0.2, -0.15) is 5.10 Å². The van der Waals surface area contributed by atoms with Crippen molar-refractivity contribution in [2.75, 3.05) is 13.7 Å². The van der Waals surface area contributed by atoms with Gasteiger partial charge in [0.05, 0.1) is 24.2 Å². The maximum absolute atomic E-state index is 10.9. The highest BCUT2D eigenvalue weighted by Gasteiger charge is 2.27. The Hall–Kier alpha value is -2.63. The van der Waals surface area contributed by atoms with Crippen LogP contribution in [0.4, 0.5) is 0 Å². The Morgan fingerprint density at radius 3 is 2.32 bits per heavy atom. The second-order valence-corrected chi connectivity index (χ2v) is 7.18. The normalized spacial score (nSPS) is 13.3. The van der Waals surface area contributed by atoms with E-state index in [4.69, 9.17) is 14.9 Å². The zero-order valence-electron chi connectivity index (χ0n) is 16.7. The molecule has 28 heavy (non-hydrogen) atoms. The number of hydrogen-bond acceptors (Lipinski definition) is 4. The molecule has 0 spiro atoms. The van der Waals surface area contributed by atoms with Gasteiger partial charge in [-0.15, -0.1) is 0 Å². The van der Waals surface area contributed by atoms with Gasteiger partial charge < -0.3 is 14.9 Å². The van der Waals surface area contributed by atoms with E-state index in [-0.39, 0.29) is 6.61 Å². The van der Waals surface area contributed by atoms with Crippen LogP contribution in [0.2, 0.25) is 0 Å². The summed E-state index contributed by atoms with van der Waals surface area (Å²) in [6.07, 6.45) is 1.94. The molecule has 1 unspecified atom stereocenters. The number of aliphatic hydroxyl groups is 2. The Labute approximate surface area is 166 Å². The van der Waals surface area contributed by atoms with Crippen molar-refractivity contribution in [3.05, 3.63) is 65.9 Å². The fourth-order valence-corrected chi connectivity index (χ4v) is 3.23. The first-order valence-electron chi connectivity index (χ1n) is 9.66. The highest BCUT2D eigenvalue weighted by molar-refractivity contribution is 5.63. The minimum absolute atomic E-state index is 0.0423. The number of methoxy groups -OCH3 is 1. The molecule has 3 aromatic rings. The average molecular weight is 380 g/mol. The van der Waals surface area contributed by atoms with E-state index >= 15 is 0 Å². The zero-order valence-corrected chi connectivity index (χ0v) is 16.7. The van der Waals surface area contributed by atoms with Gasteiger partial charge in [-0.1, -0.05) is 31.2 Å². The summed E-state index contributed by atoms with van der Waals surface area (Å²) >= 11 is 0. The second kappa shape index (κ2) is 8.59. The van der Waals surface area contributed by atoms with Gasteiger partial charge in [0.1, 0.15) is 11.4 Å². The Morgan fingerprint density at radius 1 is 1.07 bits per heavy atom. The number of aromatic nitrogens is 2. The van der Waals surface area contributed by atoms with E-state index in [9.17, 15) is 5.11 Å². The number of rotatable bonds is 8. The molecular weight excluding hydrogens is 352 g/mol. The average Bonchev–Trinajstić information content (AvgIpc) is 3.19. The Morgan fingerprint density at radius 2 is 1.75 bits per heavy atom. The largest absolute Gasteiger partial charge is 0.497 e. The molecule has 1 heterocycles. The summed E-state index contributed by atoms with van der Waals surface area (Å²) in [5.74, 6) is 0.778. The molecule has 0 aliphatic rings. The van der Waals surface area contributed by atoms with Crippen LogP contribution in [-0.2, 0) is 12.0 Å². The molecule has 2 aromatic carbocycles. The molecule has 0 saturated heterocycles. The minimum atomic E-state index is -1.11. The smallest absolute Gasteiger partial charge is 0.119 e. The van der Waals surface area contributed by atoms with Gasteiger partial charge in [-0.25, -0.2) is 4.68 Å². The van der Waals surface area contributed by atoms with Crippen LogP contribution in [-0.4, -0.2) is 33.7 Å². The van der Waals surface area contributed by atoms with Crippen LogP contribution in [0.25, 0.3) is 16.9 Å². The summed E-state index contributed by atoms with van der Waals surface area (Å²) in [6, 6.07) is 18.0. The highest BCUT2D eigenvalue weighted by Crippen LogP contribution is 2.31. The van der Waals surface area contributed by atoms with Crippen LogP contribution in [0.1, 0.15) is 37.9 Å². The predicted molar refractivity (Wildman–Crippen MR) is 111 cm³/mol. The van der Waals surface area contributed by atoms with Crippen molar-refractivity contribution < 1.29 is 14.9 Å². The third-order valence-electron chi connectivity index (χ3n) is 5.06. The quantitative estimate of drug-likeness (QED) is 0.618. The molecule has 148 valence electrons. The SMILES string of the molecule is CCc1ccc(-c2cc(C(C)(O)CCCO)nn2-c2ccc(OC)cc2)cc1. The van der Waals surface area contributed by atoms with Gasteiger partial charge in [-0.05, 0) is 62.1 Å². The lowest BCUT2D eigenvalue weighted by molar-refractivity contribution is 0.0357. The van der Waals surface area contributed by atoms with Gasteiger partial charge in [0.25, 0.3) is 0 Å². The molecular formula is C23H28N2O3. The van der Waals surface area contributed by atoms with Crippen LogP contribution in [0.3, 0.4) is 0 Å². The van der Waals surface area contributed by atoms with E-state index in [0.717, 1.165) is 29.1 Å². The summed E-state index contributed by atoms with van der Waals surface area (Å²) in [6.45, 7) is 3.92. The van der Waals surface area contributed by atoms with E-state index < -0.39 is 5.60 Å². The molecule has 0 radical (unpaired) electrons. The lowest BCUT2D eigenvalue weighted by Gasteiger charge is -2.20. The van der Waals surface area contributed by atoms with Gasteiger partial charge in [-0.3, -0.25) is 0 Å². The summed E-state index contributed by atoms with van der Waals surface area (Å²) < 4.78 is 7.11. The van der Waals surface area contributed by atoms with Crippen LogP contribution in [0, 0.1) is 0 Å². The zero-order chi connectivity index (χ0) is 20.1. The molecule has 0 fully saturated rings. The van der Waals surface area contributed by atoms with Gasteiger partial charge in [0, 0.05) is 12.2 Å². The molecule has 0 aliphatic carbocycles. The lowest BCUT2D eigenvalue weighted by atomic mass is 9.95. The van der Waals surface area contributed by atoms with E-state index in [1.807, 2.05) is 35.0 Å². The Kier molecular flexibility index (Phi) is 6.17. The molecule has 0 saturated carbocycles. The summed E-state index contributed by atoms with van der Waals surface area (Å²) in [5, 5.41) is 24.8. The van der Waals surface area contributed by atoms with Gasteiger partial charge >= 0.3 is 0 Å². The molecule has 3 rings (SSSR count). The second-order valence-electron chi connectivity index (χ2n) is 7.18. The maximum Gasteiger partial charge on any atom is 0.119 e. The van der Waals surface area contributed by atoms with E-state index in [1.165, 1.54) is 5.56 Å². The molecule has 5 nitrogen and oxygen atoms in total. The minimum Gasteiger partial charge on any atom is -0.497 e. The van der Waals surface area contributed by atoms with Gasteiger partial charge in [0.15, 0.2) is 0 Å². The summed E-state index contributed by atoms with van der Waals surface area (Å²) in [7, 11) is 1.64. The van der Waals surface area contributed by atoms with Crippen molar-refractivity contribution in [2.24, 2.45) is 0 Å². The first-order valence-corrected chi connectivity index (χ1v) is 9.66. The van der Waals surface area contributed by atoms with Crippen molar-refractivity contribution in [3.63, 3.8) is 0 Å². The van der Waals surface area contributed by atoms with E-state index in [1.54, 1.807) is 14.0 Å². The number of hydrogen-bond donors (Lipinski definition) is 2. The standard InChI is InChI=1S/C23H28N2O3/c1-4-17-6-8-18(9-7-17)21-16-22(23(2,27)14-5-15-26)24-25(21)19-10-12-20(28-3)13-11-19/h6-13,16,26-27H,4-5,14-15H2,1-3H3. The van der Waals surface area contributed by atoms with E-state index in [2.05, 4.69) is 31.2 Å². The first kappa shape index (κ1) is 20.1. The van der Waals surface area contributed by atoms with Crippen molar-refractivity contribution in [2.45, 2.75) is 38.7 Å². The number of aliphatic hydroxyl groups excluding tert-OH is 1. The highest BCUT2D eigenvalue weighted by atomic mass is 16.5. The van der Waals surface area contributed by atoms with Crippen molar-refractivity contribution in [1.82, 2.24) is 9.78 Å². The molecule has 5 heteroatoms. The monoisotopic (exact) mass is 380 g/mol. The van der Waals surface area contributed by atoms with Crippen molar-refractivity contribution >= 4 is 0 Å². The number of ether oxygens (including phenoxy) is 1. The maximum atomic E-state index is 10.9. The Bertz CT molecular complexity index is 832. The van der Waals surface area contributed by atoms with Gasteiger partial charge in [0.2, 0.25) is 0 Å². The number of benzene rings is 2. The van der Waals surface area contributed by atoms with Crippen molar-refractivity contribution in [3.8, 4) is 22.7 Å². The fraction of sp³-hybridized carbons (Fsp3) is 0.348. The van der Waals surface area contributed by atoms with Crippen LogP contribution in [0.15, 0.2) is 54.6 Å². The molecule has 0 aliphatic heterocycles. The first-order chi connectivity index (χ1) is 13.5. The number of nitrogens with zero attached hydrogens (tertiary/aromatic N) is 2. The molecule has 1 aromatic heterocycles. The Balaban J connectivity index is 2.08. The summed E-state index contributed by atoms with van der Waals surface area (Å²) in [5.41, 5.74) is 3.58. The van der Waals surface area contributed by atoms with E-state index in [0.29, 0.717) is 18.5 Å². The summed E-state index contributed by atoms with van der Waals surface area (Å²) in [4.78, 5) is 0. The molecule has 0 bridgehead atoms. The molecule has 1 atom stereocenters. The van der Waals surface area contributed by atoms with Crippen LogP contribution in [0.5, 0.6) is 5.75 Å². The van der Waals surface area contributed by atoms with Crippen LogP contribution < -0.4 is 4.74 Å². The third-order valence-corrected chi connectivity index (χ3v) is 5.06. The molecule has 2 N–H and O–H groups in total. The lowest BCUT2D eigenvalue weighted by Crippen LogP contribution is -2.22. The van der Waals surface area contributed by atoms with Crippen LogP contribution >= 0.6 is 0 Å². The predicted octanol–water partition coefficient (Wildman–Crippen LogP) is 4.09. The topological polar surface area (TPSA) is 67.5 Å². The molecule has 0 amide bonds.